The molecule has 2 atom stereocenters. The van der Waals surface area contributed by atoms with Crippen molar-refractivity contribution in [1.82, 2.24) is 0 Å². The van der Waals surface area contributed by atoms with Gasteiger partial charge in [-0.05, 0) is 18.4 Å². The molecule has 0 aromatic carbocycles. The Bertz CT molecular complexity index is 226. The molecule has 0 heterocycles. The van der Waals surface area contributed by atoms with E-state index in [0.717, 1.165) is 5.57 Å². The van der Waals surface area contributed by atoms with Crippen LogP contribution in [0.1, 0.15) is 6.92 Å². The minimum absolute atomic E-state index is 0.0764. The Morgan fingerprint density at radius 1 is 1.73 bits per heavy atom. The number of rotatable bonds is 1. The van der Waals surface area contributed by atoms with Gasteiger partial charge in [0.15, 0.2) is 5.78 Å². The Kier molecular flexibility index (Phi) is 2.66. The van der Waals surface area contributed by atoms with Crippen molar-refractivity contribution in [3.63, 3.8) is 0 Å². The zero-order valence-corrected chi connectivity index (χ0v) is 7.97. The molecule has 1 aliphatic rings. The smallest absolute Gasteiger partial charge is 0.176 e. The highest BCUT2D eigenvalue weighted by molar-refractivity contribution is 9.10. The molecule has 0 bridgehead atoms. The van der Waals surface area contributed by atoms with Crippen molar-refractivity contribution in [2.75, 3.05) is 0 Å². The van der Waals surface area contributed by atoms with Gasteiger partial charge in [-0.25, -0.2) is 0 Å². The van der Waals surface area contributed by atoms with Crippen LogP contribution in [0.4, 0.5) is 0 Å². The number of Topliss-reactive ketones (excluding diaryl/α,β-unsaturated/α-hetero) is 1. The van der Waals surface area contributed by atoms with Gasteiger partial charge in [0, 0.05) is 0 Å². The van der Waals surface area contributed by atoms with Gasteiger partial charge in [0.25, 0.3) is 0 Å². The zero-order valence-electron chi connectivity index (χ0n) is 6.38. The van der Waals surface area contributed by atoms with Crippen LogP contribution >= 0.6 is 15.9 Å². The molecular formula is C9H10BrO. The monoisotopic (exact) mass is 213 g/mol. The lowest BCUT2D eigenvalue weighted by molar-refractivity contribution is -0.114. The van der Waals surface area contributed by atoms with E-state index in [4.69, 9.17) is 0 Å². The molecule has 11 heavy (non-hydrogen) atoms. The van der Waals surface area contributed by atoms with E-state index in [2.05, 4.69) is 22.9 Å². The first-order chi connectivity index (χ1) is 5.13. The van der Waals surface area contributed by atoms with Crippen LogP contribution in [0.15, 0.2) is 23.8 Å². The number of hydrogen-bond acceptors (Lipinski definition) is 1. The largest absolute Gasteiger partial charge is 0.293 e. The number of ketones is 1. The molecule has 1 unspecified atom stereocenters. The first kappa shape index (κ1) is 8.72. The summed E-state index contributed by atoms with van der Waals surface area (Å²) in [5, 5.41) is 0. The van der Waals surface area contributed by atoms with Crippen LogP contribution in [0, 0.1) is 12.8 Å². The summed E-state index contributed by atoms with van der Waals surface area (Å²) in [6.07, 6.45) is 5.55. The second-order valence-corrected chi connectivity index (χ2v) is 3.66. The van der Waals surface area contributed by atoms with E-state index in [9.17, 15) is 4.79 Å². The maximum atomic E-state index is 11.4. The van der Waals surface area contributed by atoms with Gasteiger partial charge in [-0.3, -0.25) is 4.79 Å². The maximum absolute atomic E-state index is 11.4. The van der Waals surface area contributed by atoms with Crippen LogP contribution in [0.5, 0.6) is 0 Å². The molecule has 0 amide bonds. The number of alkyl halides is 1. The van der Waals surface area contributed by atoms with Crippen LogP contribution in [0.2, 0.25) is 0 Å². The highest BCUT2D eigenvalue weighted by atomic mass is 79.9. The Balaban J connectivity index is 2.87. The molecule has 0 saturated carbocycles. The standard InChI is InChI=1S/C9H10BrO/c1-6(2)7-4-3-5-8(10)9(7)11/h3-6,8H,1H2,2H3/t6?,8-/m0/s1. The van der Waals surface area contributed by atoms with Gasteiger partial charge in [0.2, 0.25) is 0 Å². The van der Waals surface area contributed by atoms with E-state index >= 15 is 0 Å². The summed E-state index contributed by atoms with van der Waals surface area (Å²) in [4.78, 5) is 11.2. The van der Waals surface area contributed by atoms with E-state index in [1.54, 1.807) is 0 Å². The summed E-state index contributed by atoms with van der Waals surface area (Å²) in [6.45, 7) is 5.72. The van der Waals surface area contributed by atoms with Gasteiger partial charge in [0.1, 0.15) is 0 Å². The van der Waals surface area contributed by atoms with Gasteiger partial charge in [0.05, 0.1) is 4.83 Å². The first-order valence-electron chi connectivity index (χ1n) is 3.52. The SMILES string of the molecule is [CH2]C(C)C1=CC=C[C@H](Br)C1=O. The third-order valence-corrected chi connectivity index (χ3v) is 2.34. The molecule has 0 aromatic rings. The van der Waals surface area contributed by atoms with Gasteiger partial charge < -0.3 is 0 Å². The van der Waals surface area contributed by atoms with Crippen molar-refractivity contribution in [2.24, 2.45) is 5.92 Å². The molecule has 0 aromatic heterocycles. The highest BCUT2D eigenvalue weighted by Crippen LogP contribution is 2.20. The van der Waals surface area contributed by atoms with Gasteiger partial charge in [-0.1, -0.05) is 41.1 Å². The van der Waals surface area contributed by atoms with Crippen LogP contribution in [-0.2, 0) is 4.79 Å². The average Bonchev–Trinajstić information content (AvgIpc) is 1.94. The molecular weight excluding hydrogens is 204 g/mol. The van der Waals surface area contributed by atoms with Gasteiger partial charge in [-0.2, -0.15) is 0 Å². The third-order valence-electron chi connectivity index (χ3n) is 1.62. The fourth-order valence-electron chi connectivity index (χ4n) is 0.993. The predicted molar refractivity (Wildman–Crippen MR) is 49.5 cm³/mol. The van der Waals surface area contributed by atoms with Crippen molar-refractivity contribution in [1.29, 1.82) is 0 Å². The van der Waals surface area contributed by atoms with Crippen molar-refractivity contribution >= 4 is 21.7 Å². The summed E-state index contributed by atoms with van der Waals surface area (Å²) in [6, 6.07) is 0. The number of carbonyl (C=O) groups is 1. The topological polar surface area (TPSA) is 17.1 Å². The molecule has 1 nitrogen and oxygen atoms in total. The quantitative estimate of drug-likeness (QED) is 0.612. The Morgan fingerprint density at radius 2 is 2.36 bits per heavy atom. The lowest BCUT2D eigenvalue weighted by Crippen LogP contribution is -2.19. The zero-order chi connectivity index (χ0) is 8.43. The van der Waals surface area contributed by atoms with Crippen molar-refractivity contribution in [2.45, 2.75) is 11.8 Å². The van der Waals surface area contributed by atoms with Gasteiger partial charge in [-0.15, -0.1) is 0 Å². The van der Waals surface area contributed by atoms with Crippen LogP contribution in [0.25, 0.3) is 0 Å². The molecule has 0 spiro atoms. The summed E-state index contributed by atoms with van der Waals surface area (Å²) in [7, 11) is 0. The summed E-state index contributed by atoms with van der Waals surface area (Å²) >= 11 is 3.26. The minimum atomic E-state index is -0.147. The van der Waals surface area contributed by atoms with E-state index in [1.165, 1.54) is 0 Å². The molecule has 0 N–H and O–H groups in total. The number of allylic oxidation sites excluding steroid dienone is 4. The summed E-state index contributed by atoms with van der Waals surface area (Å²) in [5.74, 6) is 0.211. The second kappa shape index (κ2) is 3.35. The van der Waals surface area contributed by atoms with Crippen molar-refractivity contribution in [3.8, 4) is 0 Å². The minimum Gasteiger partial charge on any atom is -0.293 e. The Hall–Kier alpha value is -0.370. The lowest BCUT2D eigenvalue weighted by Gasteiger charge is -2.14. The fraction of sp³-hybridized carbons (Fsp3) is 0.333. The molecule has 1 rings (SSSR count). The van der Waals surface area contributed by atoms with Crippen LogP contribution < -0.4 is 0 Å². The Morgan fingerprint density at radius 3 is 2.82 bits per heavy atom. The highest BCUT2D eigenvalue weighted by Gasteiger charge is 2.20. The molecule has 2 heteroatoms. The first-order valence-corrected chi connectivity index (χ1v) is 4.44. The number of halogens is 1. The normalized spacial score (nSPS) is 24.2. The van der Waals surface area contributed by atoms with E-state index in [1.807, 2.05) is 25.2 Å². The molecule has 1 aliphatic carbocycles. The lowest BCUT2D eigenvalue weighted by atomic mass is 9.94. The molecule has 59 valence electrons. The third kappa shape index (κ3) is 1.80. The van der Waals surface area contributed by atoms with E-state index in [-0.39, 0.29) is 16.5 Å². The van der Waals surface area contributed by atoms with Crippen molar-refractivity contribution < 1.29 is 4.79 Å². The summed E-state index contributed by atoms with van der Waals surface area (Å²) in [5.41, 5.74) is 0.800. The Labute approximate surface area is 75.3 Å². The fourth-order valence-corrected chi connectivity index (χ4v) is 1.43. The molecule has 0 aliphatic heterocycles. The maximum Gasteiger partial charge on any atom is 0.176 e. The van der Waals surface area contributed by atoms with Gasteiger partial charge >= 0.3 is 0 Å². The molecule has 0 fully saturated rings. The second-order valence-electron chi connectivity index (χ2n) is 2.67. The van der Waals surface area contributed by atoms with Crippen LogP contribution in [0.3, 0.4) is 0 Å². The predicted octanol–water partition coefficient (Wildman–Crippen LogP) is 2.29. The van der Waals surface area contributed by atoms with E-state index < -0.39 is 0 Å². The average molecular weight is 214 g/mol. The summed E-state index contributed by atoms with van der Waals surface area (Å²) < 4.78 is 0. The number of hydrogen-bond donors (Lipinski definition) is 0. The number of carbonyl (C=O) groups excluding carboxylic acids is 1. The van der Waals surface area contributed by atoms with Crippen LogP contribution in [-0.4, -0.2) is 10.6 Å². The molecule has 0 saturated heterocycles. The van der Waals surface area contributed by atoms with Crippen molar-refractivity contribution in [3.05, 3.63) is 30.7 Å². The molecule has 1 radical (unpaired) electrons. The van der Waals surface area contributed by atoms with E-state index in [0.29, 0.717) is 0 Å².